The molecule has 1 amide bonds. The summed E-state index contributed by atoms with van der Waals surface area (Å²) in [5.41, 5.74) is 4.46. The Balaban J connectivity index is 1.19. The molecule has 1 aromatic heterocycles. The summed E-state index contributed by atoms with van der Waals surface area (Å²) in [6.45, 7) is 5.76. The Morgan fingerprint density at radius 2 is 1.79 bits per heavy atom. The van der Waals surface area contributed by atoms with Gasteiger partial charge >= 0.3 is 0 Å². The van der Waals surface area contributed by atoms with Gasteiger partial charge in [0.25, 0.3) is 0 Å². The molecular formula is C31H31F2N3O3. The third-order valence-electron chi connectivity index (χ3n) is 7.87. The van der Waals surface area contributed by atoms with Gasteiger partial charge in [0, 0.05) is 68.2 Å². The summed E-state index contributed by atoms with van der Waals surface area (Å²) in [6.07, 6.45) is 2.82. The first-order valence-corrected chi connectivity index (χ1v) is 13.4. The number of amides is 1. The number of piperazine rings is 1. The molecule has 4 aromatic rings. The topological polar surface area (TPSA) is 57.8 Å². The number of hydrogen-bond donors (Lipinski definition) is 1. The van der Waals surface area contributed by atoms with Gasteiger partial charge in [-0.1, -0.05) is 37.3 Å². The summed E-state index contributed by atoms with van der Waals surface area (Å²) < 4.78 is 39.7. The van der Waals surface area contributed by atoms with Crippen LogP contribution < -0.4 is 9.47 Å². The minimum absolute atomic E-state index is 0.0348. The third-order valence-corrected chi connectivity index (χ3v) is 7.87. The molecule has 2 aliphatic heterocycles. The fraction of sp³-hybridized carbons (Fsp3) is 0.323. The van der Waals surface area contributed by atoms with Gasteiger partial charge in [-0.2, -0.15) is 0 Å². The van der Waals surface area contributed by atoms with E-state index in [1.165, 1.54) is 12.1 Å². The molecule has 3 aromatic carbocycles. The molecule has 0 spiro atoms. The second-order valence-electron chi connectivity index (χ2n) is 10.2. The van der Waals surface area contributed by atoms with E-state index in [2.05, 4.69) is 22.9 Å². The maximum Gasteiger partial charge on any atom is 0.231 e. The molecule has 0 bridgehead atoms. The number of rotatable bonds is 7. The number of nitrogens with one attached hydrogen (secondary N) is 1. The Hall–Kier alpha value is -3.91. The molecule has 0 aliphatic carbocycles. The Labute approximate surface area is 226 Å². The summed E-state index contributed by atoms with van der Waals surface area (Å²) in [5, 5.41) is 0.962. The zero-order valence-electron chi connectivity index (χ0n) is 21.9. The number of aromatic nitrogens is 1. The maximum atomic E-state index is 15.1. The summed E-state index contributed by atoms with van der Waals surface area (Å²) >= 11 is 0. The average Bonchev–Trinajstić information content (AvgIpc) is 3.59. The first kappa shape index (κ1) is 25.4. The SMILES string of the molecule is CCc1cccc2c(C(CC(=O)N3CCN(Cc4ccc5c(c4)OCO5)CC3)c3ccc(F)cc3F)c[nH]c12. The Morgan fingerprint density at radius 3 is 2.59 bits per heavy atom. The molecule has 1 N–H and O–H groups in total. The van der Waals surface area contributed by atoms with Crippen molar-refractivity contribution in [1.29, 1.82) is 0 Å². The quantitative estimate of drug-likeness (QED) is 0.337. The van der Waals surface area contributed by atoms with Crippen LogP contribution in [-0.2, 0) is 17.8 Å². The lowest BCUT2D eigenvalue weighted by atomic mass is 9.87. The first-order chi connectivity index (χ1) is 19.0. The fourth-order valence-electron chi connectivity index (χ4n) is 5.75. The number of para-hydroxylation sites is 1. The molecule has 6 nitrogen and oxygen atoms in total. The number of carbonyl (C=O) groups excluding carboxylic acids is 1. The maximum absolute atomic E-state index is 15.1. The van der Waals surface area contributed by atoms with E-state index in [1.807, 2.05) is 41.4 Å². The van der Waals surface area contributed by atoms with Crippen LogP contribution in [0.1, 0.15) is 41.5 Å². The van der Waals surface area contributed by atoms with Crippen molar-refractivity contribution in [3.63, 3.8) is 0 Å². The second-order valence-corrected chi connectivity index (χ2v) is 10.2. The number of benzene rings is 3. The van der Waals surface area contributed by atoms with Crippen LogP contribution >= 0.6 is 0 Å². The zero-order chi connectivity index (χ0) is 26.9. The minimum Gasteiger partial charge on any atom is -0.454 e. The van der Waals surface area contributed by atoms with Crippen molar-refractivity contribution < 1.29 is 23.0 Å². The van der Waals surface area contributed by atoms with E-state index in [9.17, 15) is 9.18 Å². The van der Waals surface area contributed by atoms with Gasteiger partial charge in [0.2, 0.25) is 12.7 Å². The number of ether oxygens (including phenoxy) is 2. The molecule has 202 valence electrons. The van der Waals surface area contributed by atoms with Crippen LogP contribution in [-0.4, -0.2) is 53.7 Å². The fourth-order valence-corrected chi connectivity index (χ4v) is 5.75. The van der Waals surface area contributed by atoms with Crippen LogP contribution in [0, 0.1) is 11.6 Å². The van der Waals surface area contributed by atoms with Crippen molar-refractivity contribution in [2.24, 2.45) is 0 Å². The highest BCUT2D eigenvalue weighted by molar-refractivity contribution is 5.88. The van der Waals surface area contributed by atoms with Gasteiger partial charge in [0.05, 0.1) is 0 Å². The van der Waals surface area contributed by atoms with E-state index in [-0.39, 0.29) is 19.1 Å². The number of aromatic amines is 1. The van der Waals surface area contributed by atoms with Crippen molar-refractivity contribution in [3.05, 3.63) is 94.7 Å². The van der Waals surface area contributed by atoms with Gasteiger partial charge in [-0.25, -0.2) is 8.78 Å². The standard InChI is InChI=1S/C31H31F2N3O3/c1-2-21-4-3-5-24-26(17-34-31(21)24)25(23-8-7-22(32)15-27(23)33)16-30(37)36-12-10-35(11-13-36)18-20-6-9-28-29(14-20)39-19-38-28/h3-9,14-15,17,25,34H,2,10-13,16,18-19H2,1H3. The van der Waals surface area contributed by atoms with Gasteiger partial charge in [-0.05, 0) is 46.9 Å². The number of nitrogens with zero attached hydrogens (tertiary/aromatic N) is 2. The molecule has 0 saturated carbocycles. The number of carbonyl (C=O) groups is 1. The van der Waals surface area contributed by atoms with Crippen LogP contribution in [0.2, 0.25) is 0 Å². The number of H-pyrrole nitrogens is 1. The monoisotopic (exact) mass is 531 g/mol. The zero-order valence-corrected chi connectivity index (χ0v) is 21.9. The molecule has 0 radical (unpaired) electrons. The van der Waals surface area contributed by atoms with E-state index >= 15 is 4.39 Å². The van der Waals surface area contributed by atoms with Crippen molar-refractivity contribution in [3.8, 4) is 11.5 Å². The van der Waals surface area contributed by atoms with Crippen LogP contribution in [0.25, 0.3) is 10.9 Å². The lowest BCUT2D eigenvalue weighted by Crippen LogP contribution is -2.48. The highest BCUT2D eigenvalue weighted by Crippen LogP contribution is 2.37. The first-order valence-electron chi connectivity index (χ1n) is 13.4. The number of hydrogen-bond acceptors (Lipinski definition) is 4. The molecular weight excluding hydrogens is 500 g/mol. The average molecular weight is 532 g/mol. The summed E-state index contributed by atoms with van der Waals surface area (Å²) in [6, 6.07) is 15.6. The Morgan fingerprint density at radius 1 is 0.974 bits per heavy atom. The van der Waals surface area contributed by atoms with Crippen molar-refractivity contribution in [2.75, 3.05) is 33.0 Å². The third kappa shape index (κ3) is 5.08. The van der Waals surface area contributed by atoms with Gasteiger partial charge in [0.15, 0.2) is 11.5 Å². The van der Waals surface area contributed by atoms with E-state index < -0.39 is 17.6 Å². The number of aryl methyl sites for hydroxylation is 1. The smallest absolute Gasteiger partial charge is 0.231 e. The molecule has 1 fully saturated rings. The summed E-state index contributed by atoms with van der Waals surface area (Å²) in [5.74, 6) is -0.307. The highest BCUT2D eigenvalue weighted by atomic mass is 19.1. The molecule has 1 unspecified atom stereocenters. The number of halogens is 2. The summed E-state index contributed by atoms with van der Waals surface area (Å²) in [4.78, 5) is 21.1. The highest BCUT2D eigenvalue weighted by Gasteiger charge is 2.29. The predicted molar refractivity (Wildman–Crippen MR) is 145 cm³/mol. The minimum atomic E-state index is -0.637. The largest absolute Gasteiger partial charge is 0.454 e. The van der Waals surface area contributed by atoms with E-state index in [0.29, 0.717) is 18.7 Å². The molecule has 8 heteroatoms. The van der Waals surface area contributed by atoms with Gasteiger partial charge in [0.1, 0.15) is 11.6 Å². The van der Waals surface area contributed by atoms with Crippen LogP contribution in [0.15, 0.2) is 60.8 Å². The summed E-state index contributed by atoms with van der Waals surface area (Å²) in [7, 11) is 0. The molecule has 1 atom stereocenters. The lowest BCUT2D eigenvalue weighted by molar-refractivity contribution is -0.133. The van der Waals surface area contributed by atoms with Crippen LogP contribution in [0.5, 0.6) is 11.5 Å². The molecule has 6 rings (SSSR count). The molecule has 1 saturated heterocycles. The Kier molecular flexibility index (Phi) is 6.95. The molecule has 39 heavy (non-hydrogen) atoms. The van der Waals surface area contributed by atoms with E-state index in [4.69, 9.17) is 9.47 Å². The van der Waals surface area contributed by atoms with Crippen LogP contribution in [0.4, 0.5) is 8.78 Å². The van der Waals surface area contributed by atoms with Gasteiger partial charge in [-0.15, -0.1) is 0 Å². The van der Waals surface area contributed by atoms with Gasteiger partial charge < -0.3 is 19.4 Å². The normalized spacial score (nSPS) is 16.1. The van der Waals surface area contributed by atoms with Crippen molar-refractivity contribution in [1.82, 2.24) is 14.8 Å². The van der Waals surface area contributed by atoms with Crippen molar-refractivity contribution >= 4 is 16.8 Å². The lowest BCUT2D eigenvalue weighted by Gasteiger charge is -2.35. The van der Waals surface area contributed by atoms with Crippen LogP contribution in [0.3, 0.4) is 0 Å². The van der Waals surface area contributed by atoms with E-state index in [0.717, 1.165) is 71.2 Å². The molecule has 3 heterocycles. The van der Waals surface area contributed by atoms with Crippen molar-refractivity contribution in [2.45, 2.75) is 32.2 Å². The number of fused-ring (bicyclic) bond motifs is 2. The Bertz CT molecular complexity index is 1510. The van der Waals surface area contributed by atoms with Gasteiger partial charge in [-0.3, -0.25) is 9.69 Å². The van der Waals surface area contributed by atoms with E-state index in [1.54, 1.807) is 0 Å². The second kappa shape index (κ2) is 10.7. The predicted octanol–water partition coefficient (Wildman–Crippen LogP) is 5.60. The molecule has 2 aliphatic rings.